The molecule has 0 aromatic heterocycles. The van der Waals surface area contributed by atoms with Crippen molar-refractivity contribution in [2.24, 2.45) is 0 Å². The molecule has 0 spiro atoms. The quantitative estimate of drug-likeness (QED) is 0.642. The maximum atomic E-state index is 13.0. The van der Waals surface area contributed by atoms with E-state index in [4.69, 9.17) is 0 Å². The highest BCUT2D eigenvalue weighted by molar-refractivity contribution is 5.35. The zero-order valence-electron chi connectivity index (χ0n) is 12.9. The fraction of sp³-hybridized carbons (Fsp3) is 0.333. The Morgan fingerprint density at radius 3 is 2.22 bits per heavy atom. The largest absolute Gasteiger partial charge is 0.461 e. The molecule has 124 valence electrons. The zero-order valence-corrected chi connectivity index (χ0v) is 12.9. The summed E-state index contributed by atoms with van der Waals surface area (Å²) in [6.07, 6.45) is -7.69. The number of benzene rings is 2. The first kappa shape index (κ1) is 17.3. The Kier molecular flexibility index (Phi) is 4.97. The number of ether oxygens (including phenoxy) is 1. The summed E-state index contributed by atoms with van der Waals surface area (Å²) in [5.41, 5.74) is 1.48. The van der Waals surface area contributed by atoms with Crippen molar-refractivity contribution < 1.29 is 22.3 Å². The van der Waals surface area contributed by atoms with Gasteiger partial charge in [0.15, 0.2) is 0 Å². The van der Waals surface area contributed by atoms with E-state index in [9.17, 15) is 17.6 Å². The first-order valence-electron chi connectivity index (χ1n) is 7.20. The van der Waals surface area contributed by atoms with Crippen LogP contribution < -0.4 is 4.74 Å². The Balaban J connectivity index is 2.21. The van der Waals surface area contributed by atoms with Gasteiger partial charge < -0.3 is 4.74 Å². The highest BCUT2D eigenvalue weighted by Gasteiger charge is 2.44. The van der Waals surface area contributed by atoms with Gasteiger partial charge in [-0.15, -0.1) is 0 Å². The van der Waals surface area contributed by atoms with Crippen LogP contribution in [-0.2, 0) is 11.8 Å². The zero-order chi connectivity index (χ0) is 17.1. The van der Waals surface area contributed by atoms with Crippen LogP contribution in [0.3, 0.4) is 0 Å². The molecule has 0 saturated heterocycles. The summed E-state index contributed by atoms with van der Waals surface area (Å²) >= 11 is 0. The minimum atomic E-state index is -4.50. The molecule has 0 N–H and O–H groups in total. The highest BCUT2D eigenvalue weighted by Crippen LogP contribution is 2.33. The Morgan fingerprint density at radius 1 is 0.957 bits per heavy atom. The summed E-state index contributed by atoms with van der Waals surface area (Å²) in [7, 11) is 0. The topological polar surface area (TPSA) is 9.23 Å². The van der Waals surface area contributed by atoms with E-state index in [2.05, 4.69) is 4.74 Å². The van der Waals surface area contributed by atoms with Crippen molar-refractivity contribution in [3.8, 4) is 5.75 Å². The number of halogens is 4. The SMILES string of the molecule is CC(C)(Cc1ccccc1)c1cccc(OC(F)(F)C(F)F)c1. The minimum absolute atomic E-state index is 0.270. The number of alkyl halides is 4. The molecule has 0 radical (unpaired) electrons. The molecular formula is C18H18F4O. The summed E-state index contributed by atoms with van der Waals surface area (Å²) in [5.74, 6) is -0.270. The molecule has 23 heavy (non-hydrogen) atoms. The summed E-state index contributed by atoms with van der Waals surface area (Å²) < 4.78 is 54.7. The van der Waals surface area contributed by atoms with Crippen molar-refractivity contribution in [3.63, 3.8) is 0 Å². The second-order valence-corrected chi connectivity index (χ2v) is 6.04. The number of hydrogen-bond acceptors (Lipinski definition) is 1. The van der Waals surface area contributed by atoms with E-state index in [-0.39, 0.29) is 11.2 Å². The molecule has 0 aliphatic heterocycles. The maximum absolute atomic E-state index is 13.0. The van der Waals surface area contributed by atoms with Crippen molar-refractivity contribution in [2.75, 3.05) is 0 Å². The molecular weight excluding hydrogens is 308 g/mol. The average molecular weight is 326 g/mol. The lowest BCUT2D eigenvalue weighted by Gasteiger charge is -2.26. The van der Waals surface area contributed by atoms with Gasteiger partial charge in [-0.3, -0.25) is 0 Å². The molecule has 0 bridgehead atoms. The van der Waals surface area contributed by atoms with Gasteiger partial charge in [-0.25, -0.2) is 0 Å². The van der Waals surface area contributed by atoms with Gasteiger partial charge >= 0.3 is 12.5 Å². The van der Waals surface area contributed by atoms with Crippen LogP contribution >= 0.6 is 0 Å². The van der Waals surface area contributed by atoms with E-state index in [1.54, 1.807) is 6.07 Å². The van der Waals surface area contributed by atoms with E-state index in [0.29, 0.717) is 6.42 Å². The molecule has 5 heteroatoms. The minimum Gasteiger partial charge on any atom is -0.428 e. The molecule has 2 aromatic carbocycles. The van der Waals surface area contributed by atoms with Crippen LogP contribution in [0, 0.1) is 0 Å². The molecule has 0 aliphatic rings. The Morgan fingerprint density at radius 2 is 1.61 bits per heavy atom. The lowest BCUT2D eigenvalue weighted by Crippen LogP contribution is -2.33. The summed E-state index contributed by atoms with van der Waals surface area (Å²) in [5, 5.41) is 0. The van der Waals surface area contributed by atoms with Crippen LogP contribution in [-0.4, -0.2) is 12.5 Å². The highest BCUT2D eigenvalue weighted by atomic mass is 19.3. The third kappa shape index (κ3) is 4.47. The van der Waals surface area contributed by atoms with Gasteiger partial charge in [0.2, 0.25) is 0 Å². The maximum Gasteiger partial charge on any atom is 0.461 e. The van der Waals surface area contributed by atoms with Gasteiger partial charge in [0.05, 0.1) is 0 Å². The predicted molar refractivity (Wildman–Crippen MR) is 81.2 cm³/mol. The first-order chi connectivity index (χ1) is 10.7. The van der Waals surface area contributed by atoms with Gasteiger partial charge in [0.1, 0.15) is 5.75 Å². The van der Waals surface area contributed by atoms with Gasteiger partial charge in [-0.2, -0.15) is 17.6 Å². The molecule has 2 aromatic rings. The number of rotatable bonds is 6. The standard InChI is InChI=1S/C18H18F4O/c1-17(2,12-13-7-4-3-5-8-13)14-9-6-10-15(11-14)23-18(21,22)16(19)20/h3-11,16H,12H2,1-2H3. The molecule has 0 atom stereocenters. The summed E-state index contributed by atoms with van der Waals surface area (Å²) in [6, 6.07) is 15.7. The van der Waals surface area contributed by atoms with E-state index < -0.39 is 12.5 Å². The third-order valence-electron chi connectivity index (χ3n) is 3.61. The molecule has 2 rings (SSSR count). The van der Waals surface area contributed by atoms with E-state index in [1.807, 2.05) is 44.2 Å². The molecule has 0 saturated carbocycles. The van der Waals surface area contributed by atoms with Crippen LogP contribution in [0.2, 0.25) is 0 Å². The molecule has 1 nitrogen and oxygen atoms in total. The monoisotopic (exact) mass is 326 g/mol. The van der Waals surface area contributed by atoms with Crippen molar-refractivity contribution in [3.05, 3.63) is 65.7 Å². The fourth-order valence-electron chi connectivity index (χ4n) is 2.39. The first-order valence-corrected chi connectivity index (χ1v) is 7.20. The Hall–Kier alpha value is -2.04. The third-order valence-corrected chi connectivity index (χ3v) is 3.61. The normalized spacial score (nSPS) is 12.5. The van der Waals surface area contributed by atoms with E-state index >= 15 is 0 Å². The lowest BCUT2D eigenvalue weighted by atomic mass is 9.79. The van der Waals surface area contributed by atoms with Crippen molar-refractivity contribution in [1.82, 2.24) is 0 Å². The molecule has 0 unspecified atom stereocenters. The van der Waals surface area contributed by atoms with Gasteiger partial charge in [-0.05, 0) is 35.1 Å². The lowest BCUT2D eigenvalue weighted by molar-refractivity contribution is -0.253. The second-order valence-electron chi connectivity index (χ2n) is 6.04. The van der Waals surface area contributed by atoms with Gasteiger partial charge in [-0.1, -0.05) is 56.3 Å². The Labute approximate surface area is 132 Å². The summed E-state index contributed by atoms with van der Waals surface area (Å²) in [4.78, 5) is 0. The molecule has 0 amide bonds. The van der Waals surface area contributed by atoms with Gasteiger partial charge in [0.25, 0.3) is 0 Å². The summed E-state index contributed by atoms with van der Waals surface area (Å²) in [6.45, 7) is 3.93. The fourth-order valence-corrected chi connectivity index (χ4v) is 2.39. The molecule has 0 fully saturated rings. The smallest absolute Gasteiger partial charge is 0.428 e. The van der Waals surface area contributed by atoms with E-state index in [1.165, 1.54) is 18.2 Å². The van der Waals surface area contributed by atoms with Crippen molar-refractivity contribution in [2.45, 2.75) is 38.2 Å². The second kappa shape index (κ2) is 6.60. The van der Waals surface area contributed by atoms with Crippen LogP contribution in [0.1, 0.15) is 25.0 Å². The van der Waals surface area contributed by atoms with Crippen molar-refractivity contribution >= 4 is 0 Å². The Bertz CT molecular complexity index is 638. The predicted octanol–water partition coefficient (Wildman–Crippen LogP) is 5.44. The van der Waals surface area contributed by atoms with E-state index in [0.717, 1.165) is 11.1 Å². The average Bonchev–Trinajstić information content (AvgIpc) is 2.47. The van der Waals surface area contributed by atoms with Crippen molar-refractivity contribution in [1.29, 1.82) is 0 Å². The molecule has 0 aliphatic carbocycles. The van der Waals surface area contributed by atoms with Crippen LogP contribution in [0.5, 0.6) is 5.75 Å². The van der Waals surface area contributed by atoms with Crippen LogP contribution in [0.4, 0.5) is 17.6 Å². The van der Waals surface area contributed by atoms with Gasteiger partial charge in [0, 0.05) is 0 Å². The van der Waals surface area contributed by atoms with Crippen LogP contribution in [0.25, 0.3) is 0 Å². The number of hydrogen-bond donors (Lipinski definition) is 0. The van der Waals surface area contributed by atoms with Crippen LogP contribution in [0.15, 0.2) is 54.6 Å². The molecule has 0 heterocycles.